The van der Waals surface area contributed by atoms with Crippen LogP contribution in [0.2, 0.25) is 0 Å². The Labute approximate surface area is 99.6 Å². The SMILES string of the molecule is Cc1cc(Br)c(C(=O)C(C)C(C)(F)F)s1. The molecule has 0 aromatic carbocycles. The van der Waals surface area contributed by atoms with Gasteiger partial charge >= 0.3 is 0 Å². The van der Waals surface area contributed by atoms with Crippen LogP contribution in [0.3, 0.4) is 0 Å². The highest BCUT2D eigenvalue weighted by Gasteiger charge is 2.37. The second kappa shape index (κ2) is 4.29. The molecule has 1 atom stereocenters. The van der Waals surface area contributed by atoms with E-state index in [0.29, 0.717) is 9.35 Å². The Balaban J connectivity index is 3.00. The van der Waals surface area contributed by atoms with Gasteiger partial charge in [-0.1, -0.05) is 0 Å². The number of halogens is 3. The molecule has 1 nitrogen and oxygen atoms in total. The fourth-order valence-electron chi connectivity index (χ4n) is 1.08. The minimum Gasteiger partial charge on any atom is -0.293 e. The summed E-state index contributed by atoms with van der Waals surface area (Å²) >= 11 is 4.43. The smallest absolute Gasteiger partial charge is 0.255 e. The molecule has 0 spiro atoms. The standard InChI is InChI=1S/C10H11BrF2OS/c1-5-4-7(11)9(15-5)8(14)6(2)10(3,12)13/h4,6H,1-3H3. The maximum Gasteiger partial charge on any atom is 0.255 e. The summed E-state index contributed by atoms with van der Waals surface area (Å²) in [6, 6.07) is 1.76. The second-order valence-corrected chi connectivity index (χ2v) is 5.69. The third-order valence-corrected chi connectivity index (χ3v) is 4.14. The molecule has 1 aromatic heterocycles. The molecule has 5 heteroatoms. The van der Waals surface area contributed by atoms with Gasteiger partial charge < -0.3 is 0 Å². The van der Waals surface area contributed by atoms with Gasteiger partial charge in [-0.2, -0.15) is 0 Å². The van der Waals surface area contributed by atoms with Crippen molar-refractivity contribution in [1.82, 2.24) is 0 Å². The van der Waals surface area contributed by atoms with E-state index in [-0.39, 0.29) is 0 Å². The van der Waals surface area contributed by atoms with Crippen molar-refractivity contribution >= 4 is 33.0 Å². The highest BCUT2D eigenvalue weighted by Crippen LogP contribution is 2.33. The molecule has 0 aliphatic rings. The normalized spacial score (nSPS) is 14.0. The molecule has 1 aromatic rings. The zero-order valence-electron chi connectivity index (χ0n) is 8.61. The van der Waals surface area contributed by atoms with E-state index in [9.17, 15) is 13.6 Å². The number of carbonyl (C=O) groups excluding carboxylic acids is 1. The topological polar surface area (TPSA) is 17.1 Å². The fourth-order valence-corrected chi connectivity index (χ4v) is 2.94. The summed E-state index contributed by atoms with van der Waals surface area (Å²) in [4.78, 5) is 13.0. The monoisotopic (exact) mass is 296 g/mol. The molecule has 0 N–H and O–H groups in total. The molecule has 84 valence electrons. The Kier molecular flexibility index (Phi) is 3.66. The van der Waals surface area contributed by atoms with Crippen molar-refractivity contribution in [3.8, 4) is 0 Å². The van der Waals surface area contributed by atoms with Crippen LogP contribution in [0.25, 0.3) is 0 Å². The van der Waals surface area contributed by atoms with E-state index in [1.165, 1.54) is 18.3 Å². The van der Waals surface area contributed by atoms with Crippen LogP contribution in [0, 0.1) is 12.8 Å². The van der Waals surface area contributed by atoms with Crippen LogP contribution in [0.1, 0.15) is 28.4 Å². The van der Waals surface area contributed by atoms with E-state index in [2.05, 4.69) is 15.9 Å². The van der Waals surface area contributed by atoms with Crippen molar-refractivity contribution in [3.05, 3.63) is 20.3 Å². The van der Waals surface area contributed by atoms with Gasteiger partial charge in [0.25, 0.3) is 5.92 Å². The van der Waals surface area contributed by atoms with E-state index < -0.39 is 17.6 Å². The Morgan fingerprint density at radius 2 is 2.13 bits per heavy atom. The van der Waals surface area contributed by atoms with Gasteiger partial charge in [0.2, 0.25) is 0 Å². The number of thiophene rings is 1. The molecule has 0 bridgehead atoms. The molecule has 0 saturated heterocycles. The van der Waals surface area contributed by atoms with Crippen molar-refractivity contribution in [2.24, 2.45) is 5.92 Å². The first-order valence-electron chi connectivity index (χ1n) is 4.41. The molecule has 0 fully saturated rings. The van der Waals surface area contributed by atoms with Crippen LogP contribution in [0.4, 0.5) is 8.78 Å². The van der Waals surface area contributed by atoms with Crippen molar-refractivity contribution in [2.75, 3.05) is 0 Å². The predicted octanol–water partition coefficient (Wildman–Crippen LogP) is 4.29. The lowest BCUT2D eigenvalue weighted by Crippen LogP contribution is -2.28. The van der Waals surface area contributed by atoms with Crippen LogP contribution >= 0.6 is 27.3 Å². The van der Waals surface area contributed by atoms with Crippen LogP contribution in [0.5, 0.6) is 0 Å². The van der Waals surface area contributed by atoms with Gasteiger partial charge in [0.15, 0.2) is 5.78 Å². The van der Waals surface area contributed by atoms with Crippen molar-refractivity contribution in [3.63, 3.8) is 0 Å². The summed E-state index contributed by atoms with van der Waals surface area (Å²) in [5.74, 6) is -4.77. The number of aryl methyl sites for hydroxylation is 1. The Bertz CT molecular complexity index is 381. The maximum absolute atomic E-state index is 13.0. The number of hydrogen-bond donors (Lipinski definition) is 0. The van der Waals surface area contributed by atoms with Crippen molar-refractivity contribution in [1.29, 1.82) is 0 Å². The summed E-state index contributed by atoms with van der Waals surface area (Å²) in [5, 5.41) is 0. The summed E-state index contributed by atoms with van der Waals surface area (Å²) in [6.45, 7) is 3.86. The zero-order chi connectivity index (χ0) is 11.8. The summed E-state index contributed by atoms with van der Waals surface area (Å²) in [5.41, 5.74) is 0. The first kappa shape index (κ1) is 12.8. The minimum absolute atomic E-state index is 0.376. The van der Waals surface area contributed by atoms with Gasteiger partial charge in [-0.3, -0.25) is 4.79 Å². The lowest BCUT2D eigenvalue weighted by atomic mass is 9.99. The van der Waals surface area contributed by atoms with Gasteiger partial charge in [-0.25, -0.2) is 8.78 Å². The quantitative estimate of drug-likeness (QED) is 0.760. The number of Topliss-reactive ketones (excluding diaryl/α,β-unsaturated/α-hetero) is 1. The molecule has 15 heavy (non-hydrogen) atoms. The highest BCUT2D eigenvalue weighted by molar-refractivity contribution is 9.10. The molecular weight excluding hydrogens is 286 g/mol. The highest BCUT2D eigenvalue weighted by atomic mass is 79.9. The molecule has 1 heterocycles. The molecule has 0 radical (unpaired) electrons. The lowest BCUT2D eigenvalue weighted by molar-refractivity contribution is -0.0221. The van der Waals surface area contributed by atoms with Gasteiger partial charge in [0.05, 0.1) is 10.8 Å². The number of ketones is 1. The van der Waals surface area contributed by atoms with E-state index in [0.717, 1.165) is 11.8 Å². The number of alkyl halides is 2. The predicted molar refractivity (Wildman–Crippen MR) is 60.9 cm³/mol. The fraction of sp³-hybridized carbons (Fsp3) is 0.500. The molecular formula is C10H11BrF2OS. The maximum atomic E-state index is 13.0. The molecule has 1 rings (SSSR count). The van der Waals surface area contributed by atoms with Gasteiger partial charge in [-0.15, -0.1) is 11.3 Å². The summed E-state index contributed by atoms with van der Waals surface area (Å²) in [6.07, 6.45) is 0. The average Bonchev–Trinajstić information content (AvgIpc) is 2.41. The van der Waals surface area contributed by atoms with E-state index in [1.54, 1.807) is 6.07 Å². The molecule has 0 aliphatic carbocycles. The average molecular weight is 297 g/mol. The number of hydrogen-bond acceptors (Lipinski definition) is 2. The van der Waals surface area contributed by atoms with Crippen molar-refractivity contribution in [2.45, 2.75) is 26.7 Å². The Morgan fingerprint density at radius 1 is 1.60 bits per heavy atom. The third kappa shape index (κ3) is 2.84. The van der Waals surface area contributed by atoms with Crippen LogP contribution in [-0.2, 0) is 0 Å². The van der Waals surface area contributed by atoms with Gasteiger partial charge in [0, 0.05) is 16.3 Å². The number of carbonyl (C=O) groups is 1. The Hall–Kier alpha value is -0.290. The largest absolute Gasteiger partial charge is 0.293 e. The molecule has 0 amide bonds. The van der Waals surface area contributed by atoms with E-state index >= 15 is 0 Å². The van der Waals surface area contributed by atoms with Crippen molar-refractivity contribution < 1.29 is 13.6 Å². The summed E-state index contributed by atoms with van der Waals surface area (Å²) in [7, 11) is 0. The molecule has 0 saturated carbocycles. The van der Waals surface area contributed by atoms with E-state index in [1.807, 2.05) is 6.92 Å². The first-order valence-corrected chi connectivity index (χ1v) is 6.02. The lowest BCUT2D eigenvalue weighted by Gasteiger charge is -2.17. The second-order valence-electron chi connectivity index (χ2n) is 3.58. The third-order valence-electron chi connectivity index (χ3n) is 2.19. The number of rotatable bonds is 3. The van der Waals surface area contributed by atoms with Gasteiger partial charge in [0.1, 0.15) is 0 Å². The Morgan fingerprint density at radius 3 is 2.47 bits per heavy atom. The van der Waals surface area contributed by atoms with E-state index in [4.69, 9.17) is 0 Å². The molecule has 1 unspecified atom stereocenters. The minimum atomic E-state index is -2.98. The van der Waals surface area contributed by atoms with Crippen LogP contribution in [0.15, 0.2) is 10.5 Å². The van der Waals surface area contributed by atoms with Gasteiger partial charge in [-0.05, 0) is 35.8 Å². The first-order chi connectivity index (χ1) is 6.73. The molecule has 0 aliphatic heterocycles. The van der Waals surface area contributed by atoms with Crippen LogP contribution < -0.4 is 0 Å². The zero-order valence-corrected chi connectivity index (χ0v) is 11.0. The summed E-state index contributed by atoms with van der Waals surface area (Å²) < 4.78 is 26.5. The van der Waals surface area contributed by atoms with Crippen LogP contribution in [-0.4, -0.2) is 11.7 Å².